The molecule has 0 aromatic heterocycles. The Morgan fingerprint density at radius 3 is 2.38 bits per heavy atom. The molecule has 6 heteroatoms. The molecule has 0 radical (unpaired) electrons. The summed E-state index contributed by atoms with van der Waals surface area (Å²) in [6.07, 6.45) is 0.641. The SMILES string of the molecule is CCCNC(=O)COc1ccc(C(=O)CCC(=O)O)cc1. The van der Waals surface area contributed by atoms with E-state index in [9.17, 15) is 14.4 Å². The molecule has 0 bridgehead atoms. The lowest BCUT2D eigenvalue weighted by Crippen LogP contribution is -2.29. The lowest BCUT2D eigenvalue weighted by atomic mass is 10.1. The number of ether oxygens (including phenoxy) is 1. The molecule has 0 heterocycles. The number of ketones is 1. The number of carbonyl (C=O) groups is 3. The zero-order valence-corrected chi connectivity index (χ0v) is 11.9. The number of carboxylic acid groups (broad SMARTS) is 1. The zero-order chi connectivity index (χ0) is 15.7. The third-order valence-corrected chi connectivity index (χ3v) is 2.68. The fourth-order valence-corrected chi connectivity index (χ4v) is 1.57. The van der Waals surface area contributed by atoms with Crippen LogP contribution in [-0.2, 0) is 9.59 Å². The number of rotatable bonds is 9. The first-order valence-electron chi connectivity index (χ1n) is 6.77. The molecule has 0 fully saturated rings. The number of aliphatic carboxylic acids is 1. The van der Waals surface area contributed by atoms with E-state index >= 15 is 0 Å². The van der Waals surface area contributed by atoms with Crippen molar-refractivity contribution in [2.75, 3.05) is 13.2 Å². The van der Waals surface area contributed by atoms with Crippen LogP contribution >= 0.6 is 0 Å². The van der Waals surface area contributed by atoms with Crippen molar-refractivity contribution in [1.29, 1.82) is 0 Å². The van der Waals surface area contributed by atoms with Crippen LogP contribution in [0.4, 0.5) is 0 Å². The molecule has 1 amide bonds. The topological polar surface area (TPSA) is 92.7 Å². The minimum absolute atomic E-state index is 0.0328. The summed E-state index contributed by atoms with van der Waals surface area (Å²) in [4.78, 5) is 33.4. The summed E-state index contributed by atoms with van der Waals surface area (Å²) < 4.78 is 5.28. The summed E-state index contributed by atoms with van der Waals surface area (Å²) in [5.74, 6) is -0.944. The molecule has 0 unspecified atom stereocenters. The predicted molar refractivity (Wildman–Crippen MR) is 76.4 cm³/mol. The van der Waals surface area contributed by atoms with Gasteiger partial charge in [0.25, 0.3) is 5.91 Å². The fourth-order valence-electron chi connectivity index (χ4n) is 1.57. The first-order valence-corrected chi connectivity index (χ1v) is 6.77. The highest BCUT2D eigenvalue weighted by Crippen LogP contribution is 2.14. The minimum atomic E-state index is -0.999. The van der Waals surface area contributed by atoms with Crippen molar-refractivity contribution in [2.45, 2.75) is 26.2 Å². The van der Waals surface area contributed by atoms with Crippen LogP contribution in [0.2, 0.25) is 0 Å². The quantitative estimate of drug-likeness (QED) is 0.675. The van der Waals surface area contributed by atoms with Gasteiger partial charge in [-0.15, -0.1) is 0 Å². The molecule has 0 spiro atoms. The maximum Gasteiger partial charge on any atom is 0.303 e. The van der Waals surface area contributed by atoms with Crippen LogP contribution in [0.1, 0.15) is 36.5 Å². The van der Waals surface area contributed by atoms with Crippen LogP contribution in [0.15, 0.2) is 24.3 Å². The van der Waals surface area contributed by atoms with Gasteiger partial charge in [0.2, 0.25) is 0 Å². The molecule has 0 aliphatic rings. The third kappa shape index (κ3) is 6.56. The summed E-state index contributed by atoms with van der Waals surface area (Å²) in [5, 5.41) is 11.2. The van der Waals surface area contributed by atoms with Gasteiger partial charge < -0.3 is 15.2 Å². The Morgan fingerprint density at radius 1 is 1.14 bits per heavy atom. The molecule has 1 aromatic rings. The van der Waals surface area contributed by atoms with Gasteiger partial charge in [-0.1, -0.05) is 6.92 Å². The van der Waals surface area contributed by atoms with E-state index in [1.807, 2.05) is 6.92 Å². The highest BCUT2D eigenvalue weighted by atomic mass is 16.5. The predicted octanol–water partition coefficient (Wildman–Crippen LogP) is 1.64. The maximum absolute atomic E-state index is 11.7. The largest absolute Gasteiger partial charge is 0.484 e. The third-order valence-electron chi connectivity index (χ3n) is 2.68. The number of nitrogens with one attached hydrogen (secondary N) is 1. The first-order chi connectivity index (χ1) is 10.0. The van der Waals surface area contributed by atoms with Crippen molar-refractivity contribution in [1.82, 2.24) is 5.32 Å². The molecule has 2 N–H and O–H groups in total. The molecular formula is C15H19NO5. The normalized spacial score (nSPS) is 9.95. The maximum atomic E-state index is 11.7. The molecule has 0 atom stereocenters. The molecule has 21 heavy (non-hydrogen) atoms. The summed E-state index contributed by atoms with van der Waals surface area (Å²) >= 11 is 0. The van der Waals surface area contributed by atoms with E-state index < -0.39 is 5.97 Å². The average molecular weight is 293 g/mol. The van der Waals surface area contributed by atoms with Gasteiger partial charge in [0, 0.05) is 18.5 Å². The van der Waals surface area contributed by atoms with Crippen molar-refractivity contribution in [3.05, 3.63) is 29.8 Å². The van der Waals surface area contributed by atoms with Crippen molar-refractivity contribution in [3.8, 4) is 5.75 Å². The van der Waals surface area contributed by atoms with E-state index in [0.29, 0.717) is 17.9 Å². The highest BCUT2D eigenvalue weighted by molar-refractivity contribution is 5.97. The van der Waals surface area contributed by atoms with Crippen LogP contribution in [0.25, 0.3) is 0 Å². The number of carbonyl (C=O) groups excluding carboxylic acids is 2. The van der Waals surface area contributed by atoms with Crippen LogP contribution in [-0.4, -0.2) is 35.9 Å². The van der Waals surface area contributed by atoms with E-state index in [4.69, 9.17) is 9.84 Å². The van der Waals surface area contributed by atoms with Crippen molar-refractivity contribution >= 4 is 17.7 Å². The molecule has 0 aliphatic carbocycles. The van der Waals surface area contributed by atoms with Crippen molar-refractivity contribution < 1.29 is 24.2 Å². The van der Waals surface area contributed by atoms with E-state index in [1.54, 1.807) is 24.3 Å². The number of benzene rings is 1. The van der Waals surface area contributed by atoms with Gasteiger partial charge in [0.15, 0.2) is 12.4 Å². The van der Waals surface area contributed by atoms with Gasteiger partial charge in [-0.2, -0.15) is 0 Å². The lowest BCUT2D eigenvalue weighted by Gasteiger charge is -2.07. The van der Waals surface area contributed by atoms with Crippen LogP contribution in [0.5, 0.6) is 5.75 Å². The molecule has 0 aliphatic heterocycles. The van der Waals surface area contributed by atoms with Gasteiger partial charge in [0.1, 0.15) is 5.75 Å². The Balaban J connectivity index is 2.44. The van der Waals surface area contributed by atoms with Gasteiger partial charge in [-0.05, 0) is 30.7 Å². The summed E-state index contributed by atoms with van der Waals surface area (Å²) in [7, 11) is 0. The van der Waals surface area contributed by atoms with Gasteiger partial charge in [-0.3, -0.25) is 14.4 Å². The number of hydrogen-bond donors (Lipinski definition) is 2. The molecule has 114 valence electrons. The average Bonchev–Trinajstić information content (AvgIpc) is 2.49. The molecule has 6 nitrogen and oxygen atoms in total. The monoisotopic (exact) mass is 293 g/mol. The van der Waals surface area contributed by atoms with Crippen molar-refractivity contribution in [3.63, 3.8) is 0 Å². The Hall–Kier alpha value is -2.37. The van der Waals surface area contributed by atoms with Crippen LogP contribution < -0.4 is 10.1 Å². The fraction of sp³-hybridized carbons (Fsp3) is 0.400. The smallest absolute Gasteiger partial charge is 0.303 e. The second kappa shape index (κ2) is 8.73. The Labute approximate surface area is 123 Å². The second-order valence-corrected chi connectivity index (χ2v) is 4.48. The summed E-state index contributed by atoms with van der Waals surface area (Å²) in [5.41, 5.74) is 0.430. The molecule has 1 rings (SSSR count). The number of Topliss-reactive ketones (excluding diaryl/α,β-unsaturated/α-hetero) is 1. The standard InChI is InChI=1S/C15H19NO5/c1-2-9-16-14(18)10-21-12-5-3-11(4-6-12)13(17)7-8-15(19)20/h3-6H,2,7-10H2,1H3,(H,16,18)(H,19,20). The number of hydrogen-bond acceptors (Lipinski definition) is 4. The van der Waals surface area contributed by atoms with Gasteiger partial charge >= 0.3 is 5.97 Å². The van der Waals surface area contributed by atoms with Crippen LogP contribution in [0.3, 0.4) is 0 Å². The molecular weight excluding hydrogens is 274 g/mol. The van der Waals surface area contributed by atoms with E-state index in [2.05, 4.69) is 5.32 Å². The van der Waals surface area contributed by atoms with Gasteiger partial charge in [0.05, 0.1) is 6.42 Å². The Kier molecular flexibility index (Phi) is 6.94. The van der Waals surface area contributed by atoms with Gasteiger partial charge in [-0.25, -0.2) is 0 Å². The van der Waals surface area contributed by atoms with E-state index in [0.717, 1.165) is 6.42 Å². The Morgan fingerprint density at radius 2 is 1.81 bits per heavy atom. The van der Waals surface area contributed by atoms with E-state index in [-0.39, 0.29) is 31.1 Å². The number of amides is 1. The second-order valence-electron chi connectivity index (χ2n) is 4.48. The summed E-state index contributed by atoms with van der Waals surface area (Å²) in [6.45, 7) is 2.49. The van der Waals surface area contributed by atoms with E-state index in [1.165, 1.54) is 0 Å². The van der Waals surface area contributed by atoms with Crippen LogP contribution in [0, 0.1) is 0 Å². The molecule has 1 aromatic carbocycles. The summed E-state index contributed by atoms with van der Waals surface area (Å²) in [6, 6.07) is 6.29. The Bertz CT molecular complexity index is 495. The zero-order valence-electron chi connectivity index (χ0n) is 11.9. The minimum Gasteiger partial charge on any atom is -0.484 e. The van der Waals surface area contributed by atoms with Crippen molar-refractivity contribution in [2.24, 2.45) is 0 Å². The molecule has 0 saturated carbocycles. The first kappa shape index (κ1) is 16.7. The molecule has 0 saturated heterocycles. The highest BCUT2D eigenvalue weighted by Gasteiger charge is 2.09. The lowest BCUT2D eigenvalue weighted by molar-refractivity contribution is -0.137. The number of carboxylic acids is 1.